The number of nitrogens with one attached hydrogen (secondary N) is 1. The van der Waals surface area contributed by atoms with Crippen LogP contribution in [0.15, 0.2) is 0 Å². The summed E-state index contributed by atoms with van der Waals surface area (Å²) in [6.45, 7) is 9.48. The van der Waals surface area contributed by atoms with Gasteiger partial charge in [0.05, 0.1) is 0 Å². The average Bonchev–Trinajstić information content (AvgIpc) is 3.07. The van der Waals surface area contributed by atoms with E-state index in [2.05, 4.69) is 24.1 Å². The number of nitrogens with zero attached hydrogens (tertiary/aromatic N) is 1. The van der Waals surface area contributed by atoms with E-state index in [4.69, 9.17) is 5.73 Å². The molecule has 1 amide bonds. The summed E-state index contributed by atoms with van der Waals surface area (Å²) in [7, 11) is 0. The first-order valence-corrected chi connectivity index (χ1v) is 7.20. The van der Waals surface area contributed by atoms with Crippen LogP contribution in [0.5, 0.6) is 0 Å². The molecule has 0 radical (unpaired) electrons. The maximum absolute atomic E-state index is 11.7. The van der Waals surface area contributed by atoms with Gasteiger partial charge in [0.1, 0.15) is 5.54 Å². The Hall–Kier alpha value is -0.610. The zero-order valence-corrected chi connectivity index (χ0v) is 11.9. The van der Waals surface area contributed by atoms with E-state index in [9.17, 15) is 4.79 Å². The van der Waals surface area contributed by atoms with Crippen LogP contribution < -0.4 is 11.1 Å². The molecule has 0 aromatic heterocycles. The number of carbonyl (C=O) groups is 1. The Morgan fingerprint density at radius 1 is 1.33 bits per heavy atom. The molecular weight excluding hydrogens is 226 g/mol. The van der Waals surface area contributed by atoms with E-state index in [1.807, 2.05) is 6.92 Å². The lowest BCUT2D eigenvalue weighted by Crippen LogP contribution is -2.61. The van der Waals surface area contributed by atoms with E-state index in [0.717, 1.165) is 25.6 Å². The highest BCUT2D eigenvalue weighted by atomic mass is 16.1. The van der Waals surface area contributed by atoms with Gasteiger partial charge in [0.2, 0.25) is 5.91 Å². The van der Waals surface area contributed by atoms with Crippen molar-refractivity contribution in [2.75, 3.05) is 19.6 Å². The van der Waals surface area contributed by atoms with Gasteiger partial charge < -0.3 is 10.6 Å². The third-order valence-electron chi connectivity index (χ3n) is 4.60. The number of hydrogen-bond donors (Lipinski definition) is 2. The molecule has 4 nitrogen and oxygen atoms in total. The second-order valence-corrected chi connectivity index (χ2v) is 6.59. The fourth-order valence-corrected chi connectivity index (χ4v) is 2.81. The van der Waals surface area contributed by atoms with Crippen molar-refractivity contribution in [3.05, 3.63) is 0 Å². The first-order valence-electron chi connectivity index (χ1n) is 7.20. The van der Waals surface area contributed by atoms with Crippen molar-refractivity contribution in [3.63, 3.8) is 0 Å². The first kappa shape index (κ1) is 13.8. The minimum atomic E-state index is -0.568. The van der Waals surface area contributed by atoms with Crippen molar-refractivity contribution in [2.45, 2.75) is 51.6 Å². The van der Waals surface area contributed by atoms with E-state index in [-0.39, 0.29) is 5.91 Å². The summed E-state index contributed by atoms with van der Waals surface area (Å²) in [5.41, 5.74) is 5.03. The van der Waals surface area contributed by atoms with Gasteiger partial charge in [-0.1, -0.05) is 13.8 Å². The molecule has 0 spiro atoms. The van der Waals surface area contributed by atoms with Gasteiger partial charge in [-0.2, -0.15) is 0 Å². The Bertz CT molecular complexity index is 316. The third-order valence-corrected chi connectivity index (χ3v) is 4.60. The molecule has 1 aliphatic heterocycles. The highest BCUT2D eigenvalue weighted by Gasteiger charge is 2.39. The molecule has 3 atom stereocenters. The molecule has 2 fully saturated rings. The number of nitrogens with two attached hydrogens (primary N) is 1. The molecule has 0 bridgehead atoms. The van der Waals surface area contributed by atoms with Crippen LogP contribution in [0.25, 0.3) is 0 Å². The van der Waals surface area contributed by atoms with Gasteiger partial charge in [0, 0.05) is 19.1 Å². The second kappa shape index (κ2) is 5.17. The van der Waals surface area contributed by atoms with Crippen molar-refractivity contribution >= 4 is 5.91 Å². The summed E-state index contributed by atoms with van der Waals surface area (Å²) < 4.78 is 0. The second-order valence-electron chi connectivity index (χ2n) is 6.59. The first-order chi connectivity index (χ1) is 8.40. The highest BCUT2D eigenvalue weighted by molar-refractivity contribution is 5.84. The van der Waals surface area contributed by atoms with Crippen LogP contribution >= 0.6 is 0 Å². The van der Waals surface area contributed by atoms with Crippen molar-refractivity contribution in [3.8, 4) is 0 Å². The summed E-state index contributed by atoms with van der Waals surface area (Å²) in [6, 6.07) is 0.503. The SMILES string of the molecule is CC1CCN(CC(C)(NC2CC2)C(N)=O)CC1C. The summed E-state index contributed by atoms with van der Waals surface area (Å²) in [5.74, 6) is 1.27. The van der Waals surface area contributed by atoms with Gasteiger partial charge in [0.15, 0.2) is 0 Å². The molecule has 2 rings (SSSR count). The van der Waals surface area contributed by atoms with Crippen LogP contribution in [0.3, 0.4) is 0 Å². The number of primary amides is 1. The van der Waals surface area contributed by atoms with Crippen LogP contribution in [0.1, 0.15) is 40.0 Å². The van der Waals surface area contributed by atoms with E-state index >= 15 is 0 Å². The molecule has 0 aromatic rings. The Labute approximate surface area is 110 Å². The number of hydrogen-bond acceptors (Lipinski definition) is 3. The van der Waals surface area contributed by atoms with Crippen LogP contribution in [0, 0.1) is 11.8 Å². The molecule has 4 heteroatoms. The Morgan fingerprint density at radius 2 is 2.00 bits per heavy atom. The number of rotatable bonds is 5. The molecule has 3 unspecified atom stereocenters. The van der Waals surface area contributed by atoms with Crippen molar-refractivity contribution < 1.29 is 4.79 Å². The lowest BCUT2D eigenvalue weighted by Gasteiger charge is -2.40. The number of carbonyl (C=O) groups excluding carboxylic acids is 1. The summed E-state index contributed by atoms with van der Waals surface area (Å²) in [6.07, 6.45) is 3.58. The quantitative estimate of drug-likeness (QED) is 0.767. The molecule has 104 valence electrons. The van der Waals surface area contributed by atoms with Crippen molar-refractivity contribution in [1.29, 1.82) is 0 Å². The van der Waals surface area contributed by atoms with Crippen LogP contribution in [-0.4, -0.2) is 42.0 Å². The summed E-state index contributed by atoms with van der Waals surface area (Å²) in [5, 5.41) is 3.42. The van der Waals surface area contributed by atoms with Gasteiger partial charge in [-0.25, -0.2) is 0 Å². The maximum Gasteiger partial charge on any atom is 0.238 e. The largest absolute Gasteiger partial charge is 0.368 e. The maximum atomic E-state index is 11.7. The van der Waals surface area contributed by atoms with Crippen LogP contribution in [0.4, 0.5) is 0 Å². The Morgan fingerprint density at radius 3 is 2.50 bits per heavy atom. The van der Waals surface area contributed by atoms with Gasteiger partial charge in [-0.05, 0) is 44.6 Å². The third kappa shape index (κ3) is 3.23. The minimum absolute atomic E-state index is 0.222. The minimum Gasteiger partial charge on any atom is -0.368 e. The lowest BCUT2D eigenvalue weighted by molar-refractivity contribution is -0.125. The topological polar surface area (TPSA) is 58.4 Å². The van der Waals surface area contributed by atoms with Crippen molar-refractivity contribution in [1.82, 2.24) is 10.2 Å². The fraction of sp³-hybridized carbons (Fsp3) is 0.929. The molecule has 2 aliphatic rings. The molecule has 1 saturated carbocycles. The van der Waals surface area contributed by atoms with Crippen LogP contribution in [-0.2, 0) is 4.79 Å². The van der Waals surface area contributed by atoms with Crippen molar-refractivity contribution in [2.24, 2.45) is 17.6 Å². The number of amides is 1. The van der Waals surface area contributed by atoms with E-state index < -0.39 is 5.54 Å². The van der Waals surface area contributed by atoms with Gasteiger partial charge in [-0.15, -0.1) is 0 Å². The highest BCUT2D eigenvalue weighted by Crippen LogP contribution is 2.26. The molecule has 0 aromatic carbocycles. The summed E-state index contributed by atoms with van der Waals surface area (Å²) >= 11 is 0. The van der Waals surface area contributed by atoms with Gasteiger partial charge in [0.25, 0.3) is 0 Å². The van der Waals surface area contributed by atoms with Gasteiger partial charge in [-0.3, -0.25) is 10.1 Å². The molecular formula is C14H27N3O. The van der Waals surface area contributed by atoms with E-state index in [0.29, 0.717) is 12.0 Å². The smallest absolute Gasteiger partial charge is 0.238 e. The predicted molar refractivity (Wildman–Crippen MR) is 73.1 cm³/mol. The standard InChI is InChI=1S/C14H27N3O/c1-10-6-7-17(8-11(10)2)9-14(3,13(15)18)16-12-4-5-12/h10-12,16H,4-9H2,1-3H3,(H2,15,18). The molecule has 18 heavy (non-hydrogen) atoms. The zero-order chi connectivity index (χ0) is 13.3. The van der Waals surface area contributed by atoms with Gasteiger partial charge >= 0.3 is 0 Å². The van der Waals surface area contributed by atoms with E-state index in [1.54, 1.807) is 0 Å². The normalized spacial score (nSPS) is 33.1. The Balaban J connectivity index is 1.93. The lowest BCUT2D eigenvalue weighted by atomic mass is 9.87. The zero-order valence-electron chi connectivity index (χ0n) is 11.9. The predicted octanol–water partition coefficient (Wildman–Crippen LogP) is 0.960. The average molecular weight is 253 g/mol. The Kier molecular flexibility index (Phi) is 3.97. The molecule has 1 aliphatic carbocycles. The molecule has 1 saturated heterocycles. The van der Waals surface area contributed by atoms with E-state index in [1.165, 1.54) is 19.3 Å². The molecule has 1 heterocycles. The summed E-state index contributed by atoms with van der Waals surface area (Å²) in [4.78, 5) is 14.1. The molecule has 3 N–H and O–H groups in total. The number of piperidine rings is 1. The monoisotopic (exact) mass is 253 g/mol. The van der Waals surface area contributed by atoms with Crippen LogP contribution in [0.2, 0.25) is 0 Å². The fourth-order valence-electron chi connectivity index (χ4n) is 2.81. The number of likely N-dealkylation sites (tertiary alicyclic amines) is 1.